The van der Waals surface area contributed by atoms with E-state index in [0.29, 0.717) is 26.2 Å². The third-order valence-electron chi connectivity index (χ3n) is 4.29. The highest BCUT2D eigenvalue weighted by molar-refractivity contribution is 5.95. The van der Waals surface area contributed by atoms with Gasteiger partial charge in [-0.05, 0) is 31.2 Å². The van der Waals surface area contributed by atoms with Crippen molar-refractivity contribution in [3.63, 3.8) is 0 Å². The summed E-state index contributed by atoms with van der Waals surface area (Å²) in [5.74, 6) is -0.272. The van der Waals surface area contributed by atoms with Gasteiger partial charge < -0.3 is 9.80 Å². The first-order valence-electron chi connectivity index (χ1n) is 8.00. The topological polar surface area (TPSA) is 36.4 Å². The Kier molecular flexibility index (Phi) is 4.65. The monoisotopic (exact) mass is 349 g/mol. The van der Waals surface area contributed by atoms with Gasteiger partial charge in [0, 0.05) is 31.9 Å². The zero-order valence-corrected chi connectivity index (χ0v) is 13.8. The maximum absolute atomic E-state index is 12.7. The third-order valence-corrected chi connectivity index (χ3v) is 4.29. The van der Waals surface area contributed by atoms with Gasteiger partial charge in [-0.25, -0.2) is 4.98 Å². The van der Waals surface area contributed by atoms with Gasteiger partial charge in [-0.2, -0.15) is 13.2 Å². The Bertz CT molecular complexity index is 754. The minimum Gasteiger partial charge on any atom is -0.368 e. The number of hydrogen-bond acceptors (Lipinski definition) is 3. The molecule has 1 saturated heterocycles. The van der Waals surface area contributed by atoms with Crippen molar-refractivity contribution >= 4 is 11.6 Å². The highest BCUT2D eigenvalue weighted by Gasteiger charge is 2.33. The van der Waals surface area contributed by atoms with E-state index >= 15 is 0 Å². The molecule has 0 radical (unpaired) electrons. The molecule has 132 valence electrons. The van der Waals surface area contributed by atoms with Crippen LogP contribution in [-0.2, 0) is 6.18 Å². The smallest absolute Gasteiger partial charge is 0.368 e. The van der Waals surface area contributed by atoms with Crippen LogP contribution in [0.3, 0.4) is 0 Å². The number of hydrogen-bond donors (Lipinski definition) is 0. The molecule has 0 spiro atoms. The molecule has 0 aliphatic carbocycles. The van der Waals surface area contributed by atoms with Gasteiger partial charge in [-0.3, -0.25) is 4.79 Å². The van der Waals surface area contributed by atoms with Crippen molar-refractivity contribution in [2.75, 3.05) is 31.1 Å². The van der Waals surface area contributed by atoms with Crippen LogP contribution in [0.15, 0.2) is 42.5 Å². The number of aryl methyl sites for hydroxylation is 1. The fourth-order valence-electron chi connectivity index (χ4n) is 2.92. The lowest BCUT2D eigenvalue weighted by Gasteiger charge is -2.36. The Labute approximate surface area is 143 Å². The molecule has 1 aromatic heterocycles. The second kappa shape index (κ2) is 6.74. The molecule has 3 rings (SSSR count). The minimum absolute atomic E-state index is 0.102. The average molecular weight is 349 g/mol. The molecule has 1 aromatic carbocycles. The number of carbonyl (C=O) groups excluding carboxylic acids is 1. The molecule has 7 heteroatoms. The Morgan fingerprint density at radius 1 is 1.00 bits per heavy atom. The molecule has 1 aliphatic heterocycles. The predicted molar refractivity (Wildman–Crippen MR) is 88.5 cm³/mol. The van der Waals surface area contributed by atoms with Gasteiger partial charge in [0.2, 0.25) is 0 Å². The standard InChI is InChI=1S/C18H18F3N3O/c1-13-15(7-8-16(22-13)18(19,20)21)17(25)24-11-9-23(10-12-24)14-5-3-2-4-6-14/h2-8H,9-12H2,1H3. The van der Waals surface area contributed by atoms with Crippen molar-refractivity contribution in [2.24, 2.45) is 0 Å². The number of pyridine rings is 1. The summed E-state index contributed by atoms with van der Waals surface area (Å²) in [5.41, 5.74) is 0.448. The molecular formula is C18H18F3N3O. The molecule has 0 atom stereocenters. The number of halogens is 3. The zero-order chi connectivity index (χ0) is 18.0. The van der Waals surface area contributed by atoms with E-state index in [1.54, 1.807) is 4.90 Å². The summed E-state index contributed by atoms with van der Waals surface area (Å²) in [6.45, 7) is 3.84. The molecule has 2 heterocycles. The Hall–Kier alpha value is -2.57. The van der Waals surface area contributed by atoms with Crippen LogP contribution in [0.4, 0.5) is 18.9 Å². The molecule has 0 bridgehead atoms. The summed E-state index contributed by atoms with van der Waals surface area (Å²) < 4.78 is 38.1. The summed E-state index contributed by atoms with van der Waals surface area (Å²) >= 11 is 0. The van der Waals surface area contributed by atoms with E-state index < -0.39 is 11.9 Å². The van der Waals surface area contributed by atoms with Crippen molar-refractivity contribution in [1.29, 1.82) is 0 Å². The lowest BCUT2D eigenvalue weighted by Crippen LogP contribution is -2.49. The van der Waals surface area contributed by atoms with Gasteiger partial charge in [0.15, 0.2) is 0 Å². The van der Waals surface area contributed by atoms with Crippen molar-refractivity contribution in [3.05, 3.63) is 59.4 Å². The molecule has 2 aromatic rings. The van der Waals surface area contributed by atoms with Gasteiger partial charge in [-0.1, -0.05) is 18.2 Å². The largest absolute Gasteiger partial charge is 0.433 e. The molecule has 0 unspecified atom stereocenters. The quantitative estimate of drug-likeness (QED) is 0.834. The number of anilines is 1. The Balaban J connectivity index is 1.69. The number of benzene rings is 1. The molecule has 4 nitrogen and oxygen atoms in total. The molecule has 1 fully saturated rings. The van der Waals surface area contributed by atoms with E-state index in [2.05, 4.69) is 9.88 Å². The molecule has 0 N–H and O–H groups in total. The number of carbonyl (C=O) groups is 1. The average Bonchev–Trinajstić information content (AvgIpc) is 2.61. The summed E-state index contributed by atoms with van der Waals surface area (Å²) in [4.78, 5) is 20.0. The molecular weight excluding hydrogens is 331 g/mol. The van der Waals surface area contributed by atoms with Crippen molar-refractivity contribution in [2.45, 2.75) is 13.1 Å². The van der Waals surface area contributed by atoms with Gasteiger partial charge in [0.05, 0.1) is 11.3 Å². The van der Waals surface area contributed by atoms with E-state index in [1.807, 2.05) is 30.3 Å². The van der Waals surface area contributed by atoms with E-state index in [9.17, 15) is 18.0 Å². The van der Waals surface area contributed by atoms with Crippen LogP contribution in [-0.4, -0.2) is 42.0 Å². The van der Waals surface area contributed by atoms with Gasteiger partial charge in [-0.15, -0.1) is 0 Å². The maximum Gasteiger partial charge on any atom is 0.433 e. The summed E-state index contributed by atoms with van der Waals surface area (Å²) in [7, 11) is 0. The van der Waals surface area contributed by atoms with E-state index in [-0.39, 0.29) is 17.2 Å². The summed E-state index contributed by atoms with van der Waals surface area (Å²) in [6, 6.07) is 12.0. The molecule has 1 aliphatic rings. The van der Waals surface area contributed by atoms with Crippen LogP contribution < -0.4 is 4.90 Å². The lowest BCUT2D eigenvalue weighted by molar-refractivity contribution is -0.141. The van der Waals surface area contributed by atoms with E-state index in [1.165, 1.54) is 13.0 Å². The Morgan fingerprint density at radius 3 is 2.20 bits per heavy atom. The highest BCUT2D eigenvalue weighted by atomic mass is 19.4. The van der Waals surface area contributed by atoms with Crippen LogP contribution in [0.2, 0.25) is 0 Å². The Morgan fingerprint density at radius 2 is 1.64 bits per heavy atom. The number of alkyl halides is 3. The van der Waals surface area contributed by atoms with Crippen LogP contribution in [0, 0.1) is 6.92 Å². The zero-order valence-electron chi connectivity index (χ0n) is 13.8. The molecule has 1 amide bonds. The second-order valence-electron chi connectivity index (χ2n) is 5.94. The van der Waals surface area contributed by atoms with Gasteiger partial charge >= 0.3 is 6.18 Å². The van der Waals surface area contributed by atoms with Crippen LogP contribution in [0.25, 0.3) is 0 Å². The summed E-state index contributed by atoms with van der Waals surface area (Å²) in [6.07, 6.45) is -4.51. The summed E-state index contributed by atoms with van der Waals surface area (Å²) in [5, 5.41) is 0. The van der Waals surface area contributed by atoms with Crippen molar-refractivity contribution in [3.8, 4) is 0 Å². The van der Waals surface area contributed by atoms with Crippen LogP contribution in [0.5, 0.6) is 0 Å². The molecule has 25 heavy (non-hydrogen) atoms. The third kappa shape index (κ3) is 3.75. The maximum atomic E-state index is 12.7. The number of piperazine rings is 1. The normalized spacial score (nSPS) is 15.4. The number of nitrogens with zero attached hydrogens (tertiary/aromatic N) is 3. The van der Waals surface area contributed by atoms with Gasteiger partial charge in [0.1, 0.15) is 5.69 Å². The SMILES string of the molecule is Cc1nc(C(F)(F)F)ccc1C(=O)N1CCN(c2ccccc2)CC1. The van der Waals surface area contributed by atoms with Crippen molar-refractivity contribution < 1.29 is 18.0 Å². The van der Waals surface area contributed by atoms with Crippen LogP contribution in [0.1, 0.15) is 21.7 Å². The van der Waals surface area contributed by atoms with Crippen LogP contribution >= 0.6 is 0 Å². The fourth-order valence-corrected chi connectivity index (χ4v) is 2.92. The lowest BCUT2D eigenvalue weighted by atomic mass is 10.1. The second-order valence-corrected chi connectivity index (χ2v) is 5.94. The van der Waals surface area contributed by atoms with E-state index in [0.717, 1.165) is 11.8 Å². The molecule has 0 saturated carbocycles. The van der Waals surface area contributed by atoms with Crippen molar-refractivity contribution in [1.82, 2.24) is 9.88 Å². The first-order valence-corrected chi connectivity index (χ1v) is 8.00. The predicted octanol–water partition coefficient (Wildman–Crippen LogP) is 3.37. The van der Waals surface area contributed by atoms with E-state index in [4.69, 9.17) is 0 Å². The van der Waals surface area contributed by atoms with Gasteiger partial charge in [0.25, 0.3) is 5.91 Å². The fraction of sp³-hybridized carbons (Fsp3) is 0.333. The number of rotatable bonds is 2. The first-order chi connectivity index (χ1) is 11.9. The number of amides is 1. The highest BCUT2D eigenvalue weighted by Crippen LogP contribution is 2.28. The number of aromatic nitrogens is 1. The first kappa shape index (κ1) is 17.3. The number of para-hydroxylation sites is 1. The minimum atomic E-state index is -4.51.